The number of guanidine groups is 1. The van der Waals surface area contributed by atoms with Gasteiger partial charge in [-0.15, -0.1) is 0 Å². The van der Waals surface area contributed by atoms with Crippen LogP contribution in [-0.4, -0.2) is 157 Å². The number of nitrogens with one attached hydrogen (secondary N) is 1. The zero-order chi connectivity index (χ0) is 54.4. The Labute approximate surface area is 436 Å². The summed E-state index contributed by atoms with van der Waals surface area (Å²) in [6, 6.07) is 11.9. The van der Waals surface area contributed by atoms with Crippen molar-refractivity contribution in [2.75, 3.05) is 31.3 Å². The number of aliphatic imine (C=N–C) groups is 1. The van der Waals surface area contributed by atoms with Gasteiger partial charge >= 0.3 is 11.9 Å². The Morgan fingerprint density at radius 1 is 0.947 bits per heavy atom. The zero-order valence-electron chi connectivity index (χ0n) is 41.5. The summed E-state index contributed by atoms with van der Waals surface area (Å²) in [5, 5.41) is 136. The molecule has 0 spiro atoms. The summed E-state index contributed by atoms with van der Waals surface area (Å²) in [6.45, 7) is -1.61. The molecule has 13 unspecified atom stereocenters. The quantitative estimate of drug-likeness (QED) is 0.0164. The average molecular weight is 1060 g/mol. The number of carboxylic acid groups (broad SMARTS) is 1. The third-order valence-corrected chi connectivity index (χ3v) is 16.6. The number of aromatic hydroxyl groups is 3. The Hall–Kier alpha value is -6.60. The number of rotatable bonds is 18. The summed E-state index contributed by atoms with van der Waals surface area (Å²) in [4.78, 5) is 42.5. The molecule has 4 aromatic rings. The van der Waals surface area contributed by atoms with Gasteiger partial charge < -0.3 is 87.2 Å². The van der Waals surface area contributed by atoms with Crippen LogP contribution in [0.4, 0.5) is 5.69 Å². The zero-order valence-corrected chi connectivity index (χ0v) is 41.5. The lowest BCUT2D eigenvalue weighted by Crippen LogP contribution is -2.67. The molecule has 5 aliphatic rings. The van der Waals surface area contributed by atoms with Gasteiger partial charge in [0, 0.05) is 78.6 Å². The molecule has 3 heterocycles. The number of anilines is 1. The Kier molecular flexibility index (Phi) is 15.3. The van der Waals surface area contributed by atoms with E-state index in [9.17, 15) is 66.1 Å². The first-order valence-corrected chi connectivity index (χ1v) is 25.5. The maximum Gasteiger partial charge on any atom is 0.355 e. The van der Waals surface area contributed by atoms with Crippen molar-refractivity contribution >= 4 is 29.6 Å². The maximum absolute atomic E-state index is 15.5. The molecule has 17 N–H and O–H groups in total. The number of carboxylic acids is 1. The van der Waals surface area contributed by atoms with E-state index in [-0.39, 0.29) is 73.5 Å². The van der Waals surface area contributed by atoms with Crippen LogP contribution in [0, 0.1) is 23.7 Å². The van der Waals surface area contributed by atoms with Gasteiger partial charge in [-0.1, -0.05) is 23.8 Å². The summed E-state index contributed by atoms with van der Waals surface area (Å²) < 4.78 is 11.1. The number of phenolic OH excluding ortho intramolecular Hbond substituents is 3. The number of nitrogens with two attached hydrogens (primary N) is 2. The van der Waals surface area contributed by atoms with Gasteiger partial charge in [0.2, 0.25) is 0 Å². The molecule has 3 aromatic carbocycles. The van der Waals surface area contributed by atoms with Crippen molar-refractivity contribution in [1.29, 1.82) is 0 Å². The summed E-state index contributed by atoms with van der Waals surface area (Å²) in [6.07, 6.45) is 0.984. The van der Waals surface area contributed by atoms with Crippen LogP contribution in [0.15, 0.2) is 83.8 Å². The molecule has 9 rings (SSSR count). The predicted molar refractivity (Wildman–Crippen MR) is 271 cm³/mol. The molecule has 22 heteroatoms. The van der Waals surface area contributed by atoms with Gasteiger partial charge in [-0.25, -0.2) is 9.78 Å². The summed E-state index contributed by atoms with van der Waals surface area (Å²) >= 11 is 0. The average Bonchev–Trinajstić information content (AvgIpc) is 4.18. The van der Waals surface area contributed by atoms with Crippen LogP contribution in [0.2, 0.25) is 0 Å². The Balaban J connectivity index is 1.26. The molecule has 76 heavy (non-hydrogen) atoms. The highest BCUT2D eigenvalue weighted by Crippen LogP contribution is 2.71. The number of fused-ring (bicyclic) bond motifs is 6. The van der Waals surface area contributed by atoms with Crippen molar-refractivity contribution in [3.05, 3.63) is 112 Å². The number of hydrogen-bond acceptors (Lipinski definition) is 17. The number of aromatic nitrogens is 2. The van der Waals surface area contributed by atoms with Gasteiger partial charge in [-0.05, 0) is 122 Å². The lowest BCUT2D eigenvalue weighted by atomic mass is 9.43. The Morgan fingerprint density at radius 3 is 2.43 bits per heavy atom. The minimum atomic E-state index is -3.26. The van der Waals surface area contributed by atoms with Crippen LogP contribution in [0.5, 0.6) is 23.0 Å². The van der Waals surface area contributed by atoms with Crippen molar-refractivity contribution in [1.82, 2.24) is 9.97 Å². The van der Waals surface area contributed by atoms with E-state index in [1.165, 1.54) is 30.6 Å². The predicted octanol–water partition coefficient (Wildman–Crippen LogP) is 0.845. The first-order chi connectivity index (χ1) is 36.3. The van der Waals surface area contributed by atoms with E-state index in [0.29, 0.717) is 60.1 Å². The van der Waals surface area contributed by atoms with Crippen molar-refractivity contribution < 1.29 is 80.3 Å². The fourth-order valence-corrected chi connectivity index (χ4v) is 13.4. The molecular formula is C54H66N6O16. The second kappa shape index (κ2) is 21.4. The number of H-pyrrole nitrogens is 1. The smallest absolute Gasteiger partial charge is 0.355 e. The van der Waals surface area contributed by atoms with Gasteiger partial charge in [0.1, 0.15) is 29.8 Å². The lowest BCUT2D eigenvalue weighted by molar-refractivity contribution is -0.422. The third-order valence-electron chi connectivity index (χ3n) is 16.6. The lowest BCUT2D eigenvalue weighted by Gasteiger charge is -2.60. The second-order valence-corrected chi connectivity index (χ2v) is 20.8. The van der Waals surface area contributed by atoms with Crippen LogP contribution in [-0.2, 0) is 32.6 Å². The van der Waals surface area contributed by atoms with Gasteiger partial charge in [-0.3, -0.25) is 14.7 Å². The number of hydrogen-bond donors (Lipinski definition) is 15. The molecule has 1 aromatic heterocycles. The number of nitrogens with zero attached hydrogens (tertiary/aromatic N) is 3. The van der Waals surface area contributed by atoms with Gasteiger partial charge in [0.25, 0.3) is 5.91 Å². The first-order valence-electron chi connectivity index (χ1n) is 25.5. The number of benzene rings is 3. The number of amides is 1. The molecular weight excluding hydrogens is 989 g/mol. The highest BCUT2D eigenvalue weighted by atomic mass is 16.8. The molecule has 0 radical (unpaired) electrons. The topological polar surface area (TPSA) is 392 Å². The highest BCUT2D eigenvalue weighted by Gasteiger charge is 2.71. The van der Waals surface area contributed by atoms with Crippen LogP contribution in [0.25, 0.3) is 6.08 Å². The molecule has 1 saturated heterocycles. The second-order valence-electron chi connectivity index (χ2n) is 20.8. The summed E-state index contributed by atoms with van der Waals surface area (Å²) in [5.41, 5.74) is 10.4. The fraction of sp³-hybridized carbons (Fsp3) is 0.481. The van der Waals surface area contributed by atoms with E-state index in [1.54, 1.807) is 24.4 Å². The van der Waals surface area contributed by atoms with Crippen LogP contribution in [0.1, 0.15) is 84.4 Å². The summed E-state index contributed by atoms with van der Waals surface area (Å²) in [5.74, 6) is -11.7. The van der Waals surface area contributed by atoms with E-state index in [1.807, 2.05) is 6.07 Å². The molecule has 3 aliphatic carbocycles. The van der Waals surface area contributed by atoms with Crippen molar-refractivity contribution in [3.8, 4) is 23.0 Å². The molecule has 1 saturated carbocycles. The molecule has 2 aliphatic heterocycles. The molecule has 22 nitrogen and oxygen atoms in total. The van der Waals surface area contributed by atoms with Gasteiger partial charge in [0.15, 0.2) is 29.1 Å². The SMILES string of the molecule is NC(N)=NCCCC(O)CCC1=CC2(C(=O)O)C(c3cc(O)c(OC4(O)OC(CO)C(O)C(O)C4O)cc3N2C(=O)C=Cc2ccc(O)c(Cc3cnc[nH]3)c2)C1C12c3c(O)cccc3CCC1CCC(CO)C2CO. The monoisotopic (exact) mass is 1050 g/mol. The van der Waals surface area contributed by atoms with E-state index >= 15 is 4.79 Å². The van der Waals surface area contributed by atoms with Gasteiger partial charge in [-0.2, -0.15) is 0 Å². The van der Waals surface area contributed by atoms with E-state index in [0.717, 1.165) is 28.7 Å². The molecule has 2 fully saturated rings. The highest BCUT2D eigenvalue weighted by molar-refractivity contribution is 6.13. The van der Waals surface area contributed by atoms with Crippen LogP contribution < -0.4 is 21.1 Å². The van der Waals surface area contributed by atoms with E-state index in [2.05, 4.69) is 15.0 Å². The fourth-order valence-electron chi connectivity index (χ4n) is 13.4. The van der Waals surface area contributed by atoms with Gasteiger partial charge in [0.05, 0.1) is 24.7 Å². The Morgan fingerprint density at radius 2 is 1.74 bits per heavy atom. The molecule has 1 amide bonds. The van der Waals surface area contributed by atoms with Crippen molar-refractivity contribution in [2.24, 2.45) is 40.1 Å². The first kappa shape index (κ1) is 54.2. The third kappa shape index (κ3) is 9.23. The van der Waals surface area contributed by atoms with Crippen LogP contribution in [0.3, 0.4) is 0 Å². The standard InChI is InChI=1S/C54H66N6O16/c55-51(56)58-16-2-4-34(64)13-10-29-21-52(50(72)73)46(45(29)53-32(12-9-30(23-61)36(53)24-62)11-8-28-3-1-5-39(66)44(28)53)35-19-40(67)41(75-54(74)49(71)48(70)47(69)42(25-63)76-54)20-37(35)60(52)43(68)15-7-27-6-14-38(65)31(17-27)18-33-22-57-26-59-33/h1,3,5-7,14-15,17,19-22,26,30,32,34,36,42,45-49,61-67,69-71,74H,2,4,8-13,16,18,23-25H2,(H,57,59)(H,72,73)(H4,55,56,58). The Bertz CT molecular complexity index is 2890. The number of carbonyl (C=O) groups is 2. The minimum Gasteiger partial charge on any atom is -0.508 e. The number of allylic oxidation sites excluding steroid dienone is 1. The number of aliphatic carboxylic acids is 1. The van der Waals surface area contributed by atoms with Crippen LogP contribution >= 0.6 is 0 Å². The van der Waals surface area contributed by atoms with Crippen molar-refractivity contribution in [3.63, 3.8) is 0 Å². The largest absolute Gasteiger partial charge is 0.508 e. The van der Waals surface area contributed by atoms with E-state index in [4.69, 9.17) is 20.9 Å². The van der Waals surface area contributed by atoms with E-state index < -0.39 is 108 Å². The number of phenols is 3. The number of carbonyl (C=O) groups excluding carboxylic acids is 1. The normalized spacial score (nSPS) is 31.0. The number of aryl methyl sites for hydroxylation is 1. The molecule has 13 atom stereocenters. The summed E-state index contributed by atoms with van der Waals surface area (Å²) in [7, 11) is 0. The number of ether oxygens (including phenoxy) is 2. The number of aromatic amines is 1. The number of imidazole rings is 1. The molecule has 408 valence electrons. The minimum absolute atomic E-state index is 0.0362. The number of aliphatic hydroxyl groups excluding tert-OH is 7. The van der Waals surface area contributed by atoms with Crippen molar-refractivity contribution in [2.45, 2.75) is 111 Å². The maximum atomic E-state index is 15.5. The number of aliphatic hydroxyl groups is 8. The molecule has 0 bridgehead atoms.